The molecule has 9 nitrogen and oxygen atoms in total. The first-order valence-electron chi connectivity index (χ1n) is 11.5. The third kappa shape index (κ3) is 6.71. The van der Waals surface area contributed by atoms with Gasteiger partial charge in [0.1, 0.15) is 11.4 Å². The number of piperidine rings is 1. The normalized spacial score (nSPS) is 17.4. The summed E-state index contributed by atoms with van der Waals surface area (Å²) >= 11 is 6.39. The SMILES string of the molecule is COc1ccc(S(=O)(=O)N2CCC(OC)(C(=O)N[C@H](C)/C=C\S(C)(=O)=O)CC2)c(-c2ccccc2Cl)c1. The molecule has 12 heteroatoms. The number of sulfone groups is 1. The van der Waals surface area contributed by atoms with Crippen LogP contribution in [0.1, 0.15) is 19.8 Å². The van der Waals surface area contributed by atoms with Crippen LogP contribution in [-0.4, -0.2) is 72.3 Å². The van der Waals surface area contributed by atoms with E-state index in [2.05, 4.69) is 5.32 Å². The average Bonchev–Trinajstić information content (AvgIpc) is 2.87. The fourth-order valence-electron chi connectivity index (χ4n) is 4.15. The number of methoxy groups -OCH3 is 2. The van der Waals surface area contributed by atoms with Crippen molar-refractivity contribution < 1.29 is 31.1 Å². The number of ether oxygens (including phenoxy) is 2. The Morgan fingerprint density at radius 2 is 1.73 bits per heavy atom. The molecule has 1 atom stereocenters. The predicted molar refractivity (Wildman–Crippen MR) is 143 cm³/mol. The maximum absolute atomic E-state index is 13.8. The van der Waals surface area contributed by atoms with Crippen molar-refractivity contribution >= 4 is 37.4 Å². The summed E-state index contributed by atoms with van der Waals surface area (Å²) in [7, 11) is -4.39. The lowest BCUT2D eigenvalue weighted by Gasteiger charge is -2.39. The molecular weight excluding hydrogens is 540 g/mol. The molecule has 1 amide bonds. The molecule has 1 fully saturated rings. The summed E-state index contributed by atoms with van der Waals surface area (Å²) < 4.78 is 62.4. The average molecular weight is 571 g/mol. The van der Waals surface area contributed by atoms with Gasteiger partial charge in [-0.25, -0.2) is 16.8 Å². The Morgan fingerprint density at radius 3 is 2.30 bits per heavy atom. The van der Waals surface area contributed by atoms with E-state index >= 15 is 0 Å². The zero-order valence-electron chi connectivity index (χ0n) is 21.1. The standard InChI is InChI=1S/C25H31ClN2O7S2/c1-18(11-16-36(4,30)31)27-24(29)25(35-3)12-14-28(15-13-25)37(32,33)23-10-9-19(34-2)17-21(23)20-7-5-6-8-22(20)26/h5-11,16-18H,12-15H2,1-4H3,(H,27,29)/b16-11-/t18-/m1/s1. The van der Waals surface area contributed by atoms with Gasteiger partial charge in [-0.15, -0.1) is 0 Å². The molecule has 0 saturated carbocycles. The third-order valence-corrected chi connectivity index (χ3v) is 9.21. The van der Waals surface area contributed by atoms with Gasteiger partial charge in [-0.1, -0.05) is 35.9 Å². The highest BCUT2D eigenvalue weighted by Crippen LogP contribution is 2.38. The fraction of sp³-hybridized carbons (Fsp3) is 0.400. The monoisotopic (exact) mass is 570 g/mol. The maximum Gasteiger partial charge on any atom is 0.252 e. The Balaban J connectivity index is 1.85. The van der Waals surface area contributed by atoms with Gasteiger partial charge in [-0.3, -0.25) is 4.79 Å². The van der Waals surface area contributed by atoms with Crippen molar-refractivity contribution in [1.82, 2.24) is 9.62 Å². The van der Waals surface area contributed by atoms with E-state index in [9.17, 15) is 21.6 Å². The molecule has 37 heavy (non-hydrogen) atoms. The number of nitrogens with one attached hydrogen (secondary N) is 1. The van der Waals surface area contributed by atoms with Gasteiger partial charge in [0.15, 0.2) is 9.84 Å². The van der Waals surface area contributed by atoms with Crippen LogP contribution in [0.2, 0.25) is 5.02 Å². The molecule has 0 aliphatic carbocycles. The number of hydrogen-bond donors (Lipinski definition) is 1. The molecule has 1 aliphatic rings. The van der Waals surface area contributed by atoms with E-state index in [-0.39, 0.29) is 30.8 Å². The van der Waals surface area contributed by atoms with E-state index < -0.39 is 37.4 Å². The van der Waals surface area contributed by atoms with Gasteiger partial charge in [-0.2, -0.15) is 4.31 Å². The summed E-state index contributed by atoms with van der Waals surface area (Å²) in [5, 5.41) is 4.17. The Hall–Kier alpha value is -2.44. The van der Waals surface area contributed by atoms with Crippen LogP contribution in [-0.2, 0) is 29.4 Å². The highest BCUT2D eigenvalue weighted by Gasteiger charge is 2.44. The molecule has 0 radical (unpaired) electrons. The summed E-state index contributed by atoms with van der Waals surface area (Å²) in [5.74, 6) is 0.0560. The quantitative estimate of drug-likeness (QED) is 0.491. The Labute approximate surface area is 223 Å². The lowest BCUT2D eigenvalue weighted by atomic mass is 9.91. The molecule has 0 bridgehead atoms. The van der Waals surface area contributed by atoms with Crippen LogP contribution in [0, 0.1) is 0 Å². The van der Waals surface area contributed by atoms with Crippen LogP contribution < -0.4 is 10.1 Å². The van der Waals surface area contributed by atoms with Crippen molar-refractivity contribution in [2.45, 2.75) is 36.3 Å². The summed E-state index contributed by atoms with van der Waals surface area (Å²) in [6.07, 6.45) is 2.67. The Kier molecular flexibility index (Phi) is 9.07. The van der Waals surface area contributed by atoms with E-state index in [1.165, 1.54) is 30.7 Å². The predicted octanol–water partition coefficient (Wildman–Crippen LogP) is 3.25. The van der Waals surface area contributed by atoms with Gasteiger partial charge in [0.25, 0.3) is 5.91 Å². The van der Waals surface area contributed by atoms with E-state index in [1.807, 2.05) is 0 Å². The van der Waals surface area contributed by atoms with Crippen molar-refractivity contribution in [3.63, 3.8) is 0 Å². The van der Waals surface area contributed by atoms with Crippen molar-refractivity contribution in [2.75, 3.05) is 33.6 Å². The van der Waals surface area contributed by atoms with Crippen molar-refractivity contribution in [2.24, 2.45) is 0 Å². The van der Waals surface area contributed by atoms with E-state index in [4.69, 9.17) is 21.1 Å². The summed E-state index contributed by atoms with van der Waals surface area (Å²) in [6.45, 7) is 1.73. The van der Waals surface area contributed by atoms with Gasteiger partial charge >= 0.3 is 0 Å². The zero-order chi connectivity index (χ0) is 27.4. The maximum atomic E-state index is 13.8. The highest BCUT2D eigenvalue weighted by atomic mass is 35.5. The number of benzene rings is 2. The topological polar surface area (TPSA) is 119 Å². The third-order valence-electron chi connectivity index (χ3n) is 6.28. The first kappa shape index (κ1) is 29.1. The number of nitrogens with zero attached hydrogens (tertiary/aromatic N) is 1. The van der Waals surface area contributed by atoms with Gasteiger partial charge in [0.05, 0.1) is 12.0 Å². The fourth-order valence-corrected chi connectivity index (χ4v) is 6.54. The van der Waals surface area contributed by atoms with Gasteiger partial charge in [0.2, 0.25) is 10.0 Å². The van der Waals surface area contributed by atoms with Crippen LogP contribution in [0.4, 0.5) is 0 Å². The zero-order valence-corrected chi connectivity index (χ0v) is 23.5. The summed E-state index contributed by atoms with van der Waals surface area (Å²) in [5.41, 5.74) is -0.275. The van der Waals surface area contributed by atoms with E-state index in [1.54, 1.807) is 43.3 Å². The molecule has 202 valence electrons. The van der Waals surface area contributed by atoms with Crippen molar-refractivity contribution in [3.05, 3.63) is 59.0 Å². The minimum Gasteiger partial charge on any atom is -0.497 e. The molecule has 3 rings (SSSR count). The number of carbonyl (C=O) groups is 1. The van der Waals surface area contributed by atoms with Crippen LogP contribution in [0.25, 0.3) is 11.1 Å². The molecule has 0 unspecified atom stereocenters. The van der Waals surface area contributed by atoms with Crippen molar-refractivity contribution in [3.8, 4) is 16.9 Å². The second-order valence-electron chi connectivity index (χ2n) is 8.86. The first-order valence-corrected chi connectivity index (χ1v) is 15.3. The van der Waals surface area contributed by atoms with E-state index in [0.29, 0.717) is 21.9 Å². The highest BCUT2D eigenvalue weighted by molar-refractivity contribution is 7.93. The molecule has 0 aromatic heterocycles. The van der Waals surface area contributed by atoms with Gasteiger partial charge in [-0.05, 0) is 44.0 Å². The Morgan fingerprint density at radius 1 is 1.08 bits per heavy atom. The number of amides is 1. The first-order chi connectivity index (χ1) is 17.3. The minimum absolute atomic E-state index is 0.0468. The molecule has 1 heterocycles. The molecule has 0 spiro atoms. The molecule has 1 N–H and O–H groups in total. The summed E-state index contributed by atoms with van der Waals surface area (Å²) in [6, 6.07) is 11.1. The van der Waals surface area contributed by atoms with Gasteiger partial charge in [0, 0.05) is 54.1 Å². The molecule has 2 aromatic carbocycles. The second kappa shape index (κ2) is 11.5. The molecule has 2 aromatic rings. The number of hydrogen-bond acceptors (Lipinski definition) is 7. The Bertz CT molecular complexity index is 1380. The van der Waals surface area contributed by atoms with Crippen LogP contribution >= 0.6 is 11.6 Å². The lowest BCUT2D eigenvalue weighted by molar-refractivity contribution is -0.148. The molecule has 1 aliphatic heterocycles. The van der Waals surface area contributed by atoms with Crippen molar-refractivity contribution in [1.29, 1.82) is 0 Å². The lowest BCUT2D eigenvalue weighted by Crippen LogP contribution is -2.56. The van der Waals surface area contributed by atoms with Gasteiger partial charge < -0.3 is 14.8 Å². The minimum atomic E-state index is -3.96. The largest absolute Gasteiger partial charge is 0.497 e. The number of carbonyl (C=O) groups excluding carboxylic acids is 1. The smallest absolute Gasteiger partial charge is 0.252 e. The number of sulfonamides is 1. The van der Waals surface area contributed by atoms with Crippen LogP contribution in [0.5, 0.6) is 5.75 Å². The molecular formula is C25H31ClN2O7S2. The molecule has 1 saturated heterocycles. The van der Waals surface area contributed by atoms with Crippen LogP contribution in [0.3, 0.4) is 0 Å². The van der Waals surface area contributed by atoms with Crippen LogP contribution in [0.15, 0.2) is 58.8 Å². The number of halogens is 1. The number of rotatable bonds is 9. The summed E-state index contributed by atoms with van der Waals surface area (Å²) in [4.78, 5) is 13.1. The second-order valence-corrected chi connectivity index (χ2v) is 13.1. The van der Waals surface area contributed by atoms with E-state index in [0.717, 1.165) is 11.7 Å².